The third kappa shape index (κ3) is 5.74. The summed E-state index contributed by atoms with van der Waals surface area (Å²) in [6.45, 7) is 1.34. The van der Waals surface area contributed by atoms with Crippen LogP contribution in [0.5, 0.6) is 5.75 Å². The molecule has 140 valence electrons. The molecule has 26 heavy (non-hydrogen) atoms. The van der Waals surface area contributed by atoms with Gasteiger partial charge >= 0.3 is 6.36 Å². The maximum atomic E-state index is 12.2. The molecular formula is C16H15F3N2O4S. The minimum Gasteiger partial charge on any atom is -0.406 e. The Labute approximate surface area is 148 Å². The third-order valence-corrected chi connectivity index (χ3v) is 4.69. The topological polar surface area (TPSA) is 84.5 Å². The Morgan fingerprint density at radius 1 is 1.04 bits per heavy atom. The number of rotatable bonds is 6. The zero-order chi connectivity index (χ0) is 19.4. The normalized spacial score (nSPS) is 13.1. The van der Waals surface area contributed by atoms with E-state index in [9.17, 15) is 26.4 Å². The highest BCUT2D eigenvalue weighted by molar-refractivity contribution is 7.89. The number of benzene rings is 2. The van der Waals surface area contributed by atoms with Gasteiger partial charge in [-0.1, -0.05) is 18.2 Å². The van der Waals surface area contributed by atoms with Gasteiger partial charge in [-0.15, -0.1) is 13.2 Å². The number of anilines is 1. The number of hydrogen-bond donors (Lipinski definition) is 2. The number of sulfonamides is 1. The van der Waals surface area contributed by atoms with Crippen LogP contribution >= 0.6 is 0 Å². The number of hydrogen-bond acceptors (Lipinski definition) is 4. The van der Waals surface area contributed by atoms with Gasteiger partial charge in [0.25, 0.3) is 0 Å². The Morgan fingerprint density at radius 3 is 2.15 bits per heavy atom. The number of nitrogens with one attached hydrogen (secondary N) is 2. The molecule has 0 spiro atoms. The van der Waals surface area contributed by atoms with Crippen LogP contribution in [0.25, 0.3) is 0 Å². The molecule has 0 unspecified atom stereocenters. The molecule has 2 aromatic rings. The van der Waals surface area contributed by atoms with Crippen LogP contribution in [0.4, 0.5) is 18.9 Å². The molecule has 1 amide bonds. The number of halogens is 3. The van der Waals surface area contributed by atoms with E-state index >= 15 is 0 Å². The van der Waals surface area contributed by atoms with Gasteiger partial charge in [0.15, 0.2) is 0 Å². The van der Waals surface area contributed by atoms with Crippen LogP contribution in [0.15, 0.2) is 59.5 Å². The van der Waals surface area contributed by atoms with E-state index in [-0.39, 0.29) is 10.6 Å². The van der Waals surface area contributed by atoms with E-state index < -0.39 is 34.1 Å². The van der Waals surface area contributed by atoms with Gasteiger partial charge < -0.3 is 10.1 Å². The summed E-state index contributed by atoms with van der Waals surface area (Å²) in [6.07, 6.45) is -4.81. The summed E-state index contributed by atoms with van der Waals surface area (Å²) in [4.78, 5) is 12.1. The van der Waals surface area contributed by atoms with Crippen LogP contribution < -0.4 is 14.8 Å². The predicted octanol–water partition coefficient (Wildman–Crippen LogP) is 2.89. The van der Waals surface area contributed by atoms with Crippen LogP contribution in [0.2, 0.25) is 0 Å². The largest absolute Gasteiger partial charge is 0.573 e. The Hall–Kier alpha value is -2.59. The maximum Gasteiger partial charge on any atom is 0.573 e. The molecule has 0 heterocycles. The highest BCUT2D eigenvalue weighted by atomic mass is 32.2. The fourth-order valence-corrected chi connectivity index (χ4v) is 3.17. The summed E-state index contributed by atoms with van der Waals surface area (Å²) in [5.74, 6) is -1.11. The Morgan fingerprint density at radius 2 is 1.62 bits per heavy atom. The predicted molar refractivity (Wildman–Crippen MR) is 88.0 cm³/mol. The molecule has 0 saturated carbocycles. The second-order valence-corrected chi connectivity index (χ2v) is 6.93. The lowest BCUT2D eigenvalue weighted by Gasteiger charge is -2.15. The molecule has 2 aromatic carbocycles. The van der Waals surface area contributed by atoms with Crippen LogP contribution in [0, 0.1) is 0 Å². The lowest BCUT2D eigenvalue weighted by Crippen LogP contribution is -2.41. The minimum atomic E-state index is -4.81. The van der Waals surface area contributed by atoms with Crippen molar-refractivity contribution in [2.24, 2.45) is 0 Å². The zero-order valence-corrected chi connectivity index (χ0v) is 14.3. The molecule has 1 atom stereocenters. The van der Waals surface area contributed by atoms with Gasteiger partial charge in [0.05, 0.1) is 10.9 Å². The van der Waals surface area contributed by atoms with Crippen molar-refractivity contribution in [1.82, 2.24) is 4.72 Å². The van der Waals surface area contributed by atoms with Gasteiger partial charge in [0, 0.05) is 5.69 Å². The molecule has 0 saturated heterocycles. The van der Waals surface area contributed by atoms with Crippen LogP contribution in [-0.4, -0.2) is 26.7 Å². The van der Waals surface area contributed by atoms with E-state index in [4.69, 9.17) is 0 Å². The molecule has 10 heteroatoms. The molecule has 0 aliphatic carbocycles. The molecule has 0 aliphatic heterocycles. The van der Waals surface area contributed by atoms with Crippen LogP contribution in [0.1, 0.15) is 6.92 Å². The first-order chi connectivity index (χ1) is 12.1. The first kappa shape index (κ1) is 19.7. The summed E-state index contributed by atoms with van der Waals surface area (Å²) < 4.78 is 66.6. The number of carbonyl (C=O) groups is 1. The van der Waals surface area contributed by atoms with E-state index in [1.807, 2.05) is 0 Å². The highest BCUT2D eigenvalue weighted by Crippen LogP contribution is 2.24. The van der Waals surface area contributed by atoms with E-state index in [2.05, 4.69) is 14.8 Å². The van der Waals surface area contributed by atoms with Crippen molar-refractivity contribution >= 4 is 21.6 Å². The number of ether oxygens (including phenoxy) is 1. The van der Waals surface area contributed by atoms with Crippen molar-refractivity contribution in [2.75, 3.05) is 5.32 Å². The summed E-state index contributed by atoms with van der Waals surface area (Å²) >= 11 is 0. The number of alkyl halides is 3. The molecule has 6 nitrogen and oxygen atoms in total. The first-order valence-electron chi connectivity index (χ1n) is 7.31. The Balaban J connectivity index is 1.99. The van der Waals surface area contributed by atoms with Gasteiger partial charge in [-0.05, 0) is 43.3 Å². The lowest BCUT2D eigenvalue weighted by atomic mass is 10.2. The van der Waals surface area contributed by atoms with Crippen LogP contribution in [0.3, 0.4) is 0 Å². The molecule has 0 fully saturated rings. The summed E-state index contributed by atoms with van der Waals surface area (Å²) in [7, 11) is -3.88. The fraction of sp³-hybridized carbons (Fsp3) is 0.188. The molecule has 0 aliphatic rings. The average Bonchev–Trinajstić information content (AvgIpc) is 2.55. The quantitative estimate of drug-likeness (QED) is 0.797. The number of carbonyl (C=O) groups excluding carboxylic acids is 1. The van der Waals surface area contributed by atoms with Gasteiger partial charge in [-0.25, -0.2) is 8.42 Å². The van der Waals surface area contributed by atoms with E-state index in [0.717, 1.165) is 12.1 Å². The highest BCUT2D eigenvalue weighted by Gasteiger charge is 2.31. The van der Waals surface area contributed by atoms with Crippen LogP contribution in [-0.2, 0) is 14.8 Å². The maximum absolute atomic E-state index is 12.2. The molecule has 2 rings (SSSR count). The van der Waals surface area contributed by atoms with E-state index in [1.54, 1.807) is 18.2 Å². The third-order valence-electron chi connectivity index (χ3n) is 3.13. The minimum absolute atomic E-state index is 0.00769. The van der Waals surface area contributed by atoms with Crippen molar-refractivity contribution < 1.29 is 31.1 Å². The van der Waals surface area contributed by atoms with E-state index in [1.165, 1.54) is 31.2 Å². The van der Waals surface area contributed by atoms with E-state index in [0.29, 0.717) is 0 Å². The Bertz CT molecular complexity index is 853. The molecule has 0 radical (unpaired) electrons. The zero-order valence-electron chi connectivity index (χ0n) is 13.4. The standard InChI is InChI=1S/C16H15F3N2O4S/c1-11(21-26(23,24)14-5-3-2-4-6-14)15(22)20-12-7-9-13(10-8-12)25-16(17,18)19/h2-11,21H,1H3,(H,20,22)/t11-/m0/s1. The fourth-order valence-electron chi connectivity index (χ4n) is 1.94. The summed E-state index contributed by atoms with van der Waals surface area (Å²) in [5.41, 5.74) is 0.190. The summed E-state index contributed by atoms with van der Waals surface area (Å²) in [6, 6.07) is 10.9. The SMILES string of the molecule is C[C@H](NS(=O)(=O)c1ccccc1)C(=O)Nc1ccc(OC(F)(F)F)cc1. The van der Waals surface area contributed by atoms with Crippen molar-refractivity contribution in [3.63, 3.8) is 0 Å². The Kier molecular flexibility index (Phi) is 5.88. The second kappa shape index (κ2) is 7.75. The monoisotopic (exact) mass is 388 g/mol. The van der Waals surface area contributed by atoms with Gasteiger partial charge in [-0.2, -0.15) is 4.72 Å². The van der Waals surface area contributed by atoms with Crippen molar-refractivity contribution in [2.45, 2.75) is 24.2 Å². The smallest absolute Gasteiger partial charge is 0.406 e. The van der Waals surface area contributed by atoms with Gasteiger partial charge in [-0.3, -0.25) is 4.79 Å². The van der Waals surface area contributed by atoms with Crippen molar-refractivity contribution in [3.05, 3.63) is 54.6 Å². The summed E-state index contributed by atoms with van der Waals surface area (Å²) in [5, 5.41) is 2.40. The molecular weight excluding hydrogens is 373 g/mol. The first-order valence-corrected chi connectivity index (χ1v) is 8.79. The lowest BCUT2D eigenvalue weighted by molar-refractivity contribution is -0.274. The molecule has 2 N–H and O–H groups in total. The molecule has 0 bridgehead atoms. The van der Waals surface area contributed by atoms with Gasteiger partial charge in [0.1, 0.15) is 5.75 Å². The van der Waals surface area contributed by atoms with Crippen molar-refractivity contribution in [3.8, 4) is 5.75 Å². The van der Waals surface area contributed by atoms with Crippen molar-refractivity contribution in [1.29, 1.82) is 0 Å². The number of amides is 1. The molecule has 0 aromatic heterocycles. The second-order valence-electron chi connectivity index (χ2n) is 5.22. The van der Waals surface area contributed by atoms with Gasteiger partial charge in [0.2, 0.25) is 15.9 Å². The average molecular weight is 388 g/mol.